The molecule has 2 aromatic rings. The minimum absolute atomic E-state index is 0.412. The van der Waals surface area contributed by atoms with Crippen LogP contribution in [0.2, 0.25) is 0 Å². The van der Waals surface area contributed by atoms with Gasteiger partial charge in [0.15, 0.2) is 5.16 Å². The first-order valence-electron chi connectivity index (χ1n) is 5.88. The van der Waals surface area contributed by atoms with Gasteiger partial charge in [-0.3, -0.25) is 4.68 Å². The second kappa shape index (κ2) is 5.53. The van der Waals surface area contributed by atoms with E-state index in [0.29, 0.717) is 6.54 Å². The largest absolute Gasteiger partial charge is 0.324 e. The molecule has 2 N–H and O–H groups in total. The van der Waals surface area contributed by atoms with E-state index in [1.165, 1.54) is 5.69 Å². The van der Waals surface area contributed by atoms with E-state index >= 15 is 0 Å². The lowest BCUT2D eigenvalue weighted by atomic mass is 10.3. The summed E-state index contributed by atoms with van der Waals surface area (Å²) >= 11 is 1.65. The summed E-state index contributed by atoms with van der Waals surface area (Å²) in [5, 5.41) is 13.5. The summed E-state index contributed by atoms with van der Waals surface area (Å²) in [7, 11) is 3.91. The van der Waals surface area contributed by atoms with Crippen molar-refractivity contribution in [1.82, 2.24) is 24.5 Å². The molecule has 2 aromatic heterocycles. The molecule has 0 aliphatic heterocycles. The number of thioether (sulfide) groups is 1. The normalized spacial score (nSPS) is 11.1. The maximum atomic E-state index is 5.57. The molecule has 6 nitrogen and oxygen atoms in total. The molecule has 0 aliphatic rings. The first kappa shape index (κ1) is 13.1. The number of aryl methyl sites for hydroxylation is 2. The van der Waals surface area contributed by atoms with Crippen molar-refractivity contribution in [3.05, 3.63) is 23.3 Å². The van der Waals surface area contributed by atoms with E-state index in [-0.39, 0.29) is 0 Å². The van der Waals surface area contributed by atoms with E-state index in [0.717, 1.165) is 28.8 Å². The van der Waals surface area contributed by atoms with Gasteiger partial charge in [-0.15, -0.1) is 10.2 Å². The number of nitrogens with two attached hydrogens (primary N) is 1. The molecule has 0 amide bonds. The lowest BCUT2D eigenvalue weighted by molar-refractivity contribution is 0.716. The van der Waals surface area contributed by atoms with E-state index in [1.807, 2.05) is 23.3 Å². The first-order valence-corrected chi connectivity index (χ1v) is 6.87. The average Bonchev–Trinajstić information content (AvgIpc) is 2.90. The molecule has 18 heavy (non-hydrogen) atoms. The molecule has 2 heterocycles. The minimum atomic E-state index is 0.412. The minimum Gasteiger partial charge on any atom is -0.324 e. The predicted molar refractivity (Wildman–Crippen MR) is 71.0 cm³/mol. The van der Waals surface area contributed by atoms with Crippen LogP contribution < -0.4 is 5.73 Å². The lowest BCUT2D eigenvalue weighted by Crippen LogP contribution is -2.05. The second-order valence-corrected chi connectivity index (χ2v) is 5.00. The molecule has 0 bridgehead atoms. The van der Waals surface area contributed by atoms with Crippen LogP contribution in [-0.4, -0.2) is 24.5 Å². The topological polar surface area (TPSA) is 74.5 Å². The summed E-state index contributed by atoms with van der Waals surface area (Å²) in [4.78, 5) is 0. The summed E-state index contributed by atoms with van der Waals surface area (Å²) in [5.74, 6) is 1.64. The summed E-state index contributed by atoms with van der Waals surface area (Å²) < 4.78 is 3.85. The molecule has 0 saturated heterocycles. The zero-order valence-electron chi connectivity index (χ0n) is 10.9. The van der Waals surface area contributed by atoms with Crippen molar-refractivity contribution in [2.24, 2.45) is 19.8 Å². The van der Waals surface area contributed by atoms with Crippen molar-refractivity contribution in [1.29, 1.82) is 0 Å². The zero-order chi connectivity index (χ0) is 13.1. The van der Waals surface area contributed by atoms with Crippen LogP contribution >= 0.6 is 11.8 Å². The Morgan fingerprint density at radius 2 is 2.11 bits per heavy atom. The van der Waals surface area contributed by atoms with Crippen molar-refractivity contribution >= 4 is 11.8 Å². The number of nitrogens with zero attached hydrogens (tertiary/aromatic N) is 5. The van der Waals surface area contributed by atoms with E-state index in [1.54, 1.807) is 11.8 Å². The molecule has 0 atom stereocenters. The van der Waals surface area contributed by atoms with Gasteiger partial charge >= 0.3 is 0 Å². The number of hydrogen-bond acceptors (Lipinski definition) is 5. The third-order valence-corrected chi connectivity index (χ3v) is 3.90. The smallest absolute Gasteiger partial charge is 0.191 e. The molecule has 0 saturated carbocycles. The van der Waals surface area contributed by atoms with Crippen molar-refractivity contribution < 1.29 is 0 Å². The van der Waals surface area contributed by atoms with Crippen molar-refractivity contribution in [2.75, 3.05) is 0 Å². The van der Waals surface area contributed by atoms with Gasteiger partial charge in [0.05, 0.1) is 12.2 Å². The molecular formula is C11H18N6S. The van der Waals surface area contributed by atoms with Crippen molar-refractivity contribution in [3.8, 4) is 0 Å². The lowest BCUT2D eigenvalue weighted by Gasteiger charge is -2.02. The van der Waals surface area contributed by atoms with Gasteiger partial charge in [0.2, 0.25) is 0 Å². The van der Waals surface area contributed by atoms with Crippen LogP contribution in [0.25, 0.3) is 0 Å². The molecule has 0 aromatic carbocycles. The predicted octanol–water partition coefficient (Wildman–Crippen LogP) is 0.862. The Kier molecular flexibility index (Phi) is 4.03. The molecular weight excluding hydrogens is 248 g/mol. The third-order valence-electron chi connectivity index (χ3n) is 2.85. The van der Waals surface area contributed by atoms with Crippen LogP contribution in [0.1, 0.15) is 24.1 Å². The second-order valence-electron chi connectivity index (χ2n) is 4.05. The van der Waals surface area contributed by atoms with E-state index in [4.69, 9.17) is 5.73 Å². The monoisotopic (exact) mass is 266 g/mol. The zero-order valence-corrected chi connectivity index (χ0v) is 11.7. The Morgan fingerprint density at radius 3 is 2.67 bits per heavy atom. The van der Waals surface area contributed by atoms with Crippen molar-refractivity contribution in [3.63, 3.8) is 0 Å². The average molecular weight is 266 g/mol. The Labute approximate surface area is 111 Å². The number of hydrogen-bond donors (Lipinski definition) is 1. The summed E-state index contributed by atoms with van der Waals surface area (Å²) in [5.41, 5.74) is 7.88. The molecule has 2 rings (SSSR count). The molecule has 7 heteroatoms. The Balaban J connectivity index is 2.06. The quantitative estimate of drug-likeness (QED) is 0.813. The summed E-state index contributed by atoms with van der Waals surface area (Å²) in [6.45, 7) is 2.52. The fourth-order valence-corrected chi connectivity index (χ4v) is 2.61. The molecule has 0 aliphatic carbocycles. The molecule has 98 valence electrons. The van der Waals surface area contributed by atoms with E-state index in [9.17, 15) is 0 Å². The van der Waals surface area contributed by atoms with Gasteiger partial charge in [-0.1, -0.05) is 18.7 Å². The van der Waals surface area contributed by atoms with Gasteiger partial charge in [-0.2, -0.15) is 5.10 Å². The standard InChI is InChI=1S/C11H18N6S/c1-4-8-5-9(17(3)15-8)7-18-11-14-13-10(6-12)16(11)2/h5H,4,6-7,12H2,1-3H3. The maximum Gasteiger partial charge on any atom is 0.191 e. The van der Waals surface area contributed by atoms with Crippen LogP contribution in [0, 0.1) is 0 Å². The SMILES string of the molecule is CCc1cc(CSc2nnc(CN)n2C)n(C)n1. The third kappa shape index (κ3) is 2.56. The van der Waals surface area contributed by atoms with Gasteiger partial charge in [-0.25, -0.2) is 0 Å². The van der Waals surface area contributed by atoms with Gasteiger partial charge < -0.3 is 10.3 Å². The van der Waals surface area contributed by atoms with E-state index < -0.39 is 0 Å². The van der Waals surface area contributed by atoms with Gasteiger partial charge in [-0.05, 0) is 12.5 Å². The Morgan fingerprint density at radius 1 is 1.33 bits per heavy atom. The number of aromatic nitrogens is 5. The highest BCUT2D eigenvalue weighted by Crippen LogP contribution is 2.21. The molecule has 0 radical (unpaired) electrons. The summed E-state index contributed by atoms with van der Waals surface area (Å²) in [6.07, 6.45) is 0.958. The maximum absolute atomic E-state index is 5.57. The van der Waals surface area contributed by atoms with Gasteiger partial charge in [0.25, 0.3) is 0 Å². The first-order chi connectivity index (χ1) is 8.65. The van der Waals surface area contributed by atoms with Crippen LogP contribution in [0.15, 0.2) is 11.2 Å². The highest BCUT2D eigenvalue weighted by molar-refractivity contribution is 7.98. The van der Waals surface area contributed by atoms with Crippen molar-refractivity contribution in [2.45, 2.75) is 30.8 Å². The van der Waals surface area contributed by atoms with Crippen LogP contribution in [-0.2, 0) is 32.8 Å². The fraction of sp³-hybridized carbons (Fsp3) is 0.545. The van der Waals surface area contributed by atoms with Crippen LogP contribution in [0.5, 0.6) is 0 Å². The molecule has 0 spiro atoms. The van der Waals surface area contributed by atoms with Gasteiger partial charge in [0.1, 0.15) is 5.82 Å². The molecule has 0 fully saturated rings. The van der Waals surface area contributed by atoms with Gasteiger partial charge in [0, 0.05) is 25.5 Å². The van der Waals surface area contributed by atoms with E-state index in [2.05, 4.69) is 28.3 Å². The summed E-state index contributed by atoms with van der Waals surface area (Å²) in [6, 6.07) is 2.13. The highest BCUT2D eigenvalue weighted by atomic mass is 32.2. The van der Waals surface area contributed by atoms with Crippen LogP contribution in [0.4, 0.5) is 0 Å². The fourth-order valence-electron chi connectivity index (χ4n) is 1.67. The highest BCUT2D eigenvalue weighted by Gasteiger charge is 2.10. The van der Waals surface area contributed by atoms with Crippen LogP contribution in [0.3, 0.4) is 0 Å². The Hall–Kier alpha value is -1.34. The number of rotatable bonds is 5. The molecule has 0 unspecified atom stereocenters. The Bertz CT molecular complexity index is 528.